The highest BCUT2D eigenvalue weighted by atomic mass is 35.5. The van der Waals surface area contributed by atoms with E-state index in [4.69, 9.17) is 16.3 Å². The number of benzene rings is 2. The van der Waals surface area contributed by atoms with Gasteiger partial charge in [0.2, 0.25) is 0 Å². The molecule has 3 heteroatoms. The van der Waals surface area contributed by atoms with Crippen molar-refractivity contribution in [3.8, 4) is 5.75 Å². The molecule has 0 spiro atoms. The van der Waals surface area contributed by atoms with Crippen LogP contribution in [0.25, 0.3) is 0 Å². The van der Waals surface area contributed by atoms with Crippen LogP contribution >= 0.6 is 11.6 Å². The molecule has 0 amide bonds. The summed E-state index contributed by atoms with van der Waals surface area (Å²) >= 11 is 6.13. The lowest BCUT2D eigenvalue weighted by Gasteiger charge is -2.32. The normalized spacial score (nSPS) is 19.0. The van der Waals surface area contributed by atoms with Gasteiger partial charge in [-0.05, 0) is 42.8 Å². The molecule has 2 aromatic carbocycles. The Morgan fingerprint density at radius 1 is 1.20 bits per heavy atom. The summed E-state index contributed by atoms with van der Waals surface area (Å²) in [6.45, 7) is 0.764. The number of rotatable bonds is 3. The highest BCUT2D eigenvalue weighted by Crippen LogP contribution is 2.41. The van der Waals surface area contributed by atoms with E-state index in [9.17, 15) is 0 Å². The molecule has 104 valence electrons. The molecular weight excluding hydrogens is 270 g/mol. The first-order valence-electron chi connectivity index (χ1n) is 6.94. The van der Waals surface area contributed by atoms with Crippen molar-refractivity contribution in [3.63, 3.8) is 0 Å². The van der Waals surface area contributed by atoms with Crippen molar-refractivity contribution in [2.75, 3.05) is 13.7 Å². The lowest BCUT2D eigenvalue weighted by atomic mass is 9.83. The molecule has 1 aliphatic rings. The molecule has 3 rings (SSSR count). The smallest absolute Gasteiger partial charge is 0.122 e. The van der Waals surface area contributed by atoms with Crippen LogP contribution in [0.1, 0.15) is 29.5 Å². The number of fused-ring (bicyclic) bond motifs is 1. The number of ether oxygens (including phenoxy) is 1. The van der Waals surface area contributed by atoms with E-state index < -0.39 is 0 Å². The van der Waals surface area contributed by atoms with Gasteiger partial charge in [0.15, 0.2) is 0 Å². The van der Waals surface area contributed by atoms with Gasteiger partial charge >= 0.3 is 0 Å². The average molecular weight is 288 g/mol. The van der Waals surface area contributed by atoms with Crippen molar-refractivity contribution >= 4 is 11.6 Å². The van der Waals surface area contributed by atoms with E-state index in [1.165, 1.54) is 11.1 Å². The maximum absolute atomic E-state index is 6.13. The van der Waals surface area contributed by atoms with Crippen LogP contribution < -0.4 is 10.1 Å². The lowest BCUT2D eigenvalue weighted by Crippen LogP contribution is -2.28. The van der Waals surface area contributed by atoms with Crippen molar-refractivity contribution < 1.29 is 4.74 Å². The molecule has 1 N–H and O–H groups in total. The summed E-state index contributed by atoms with van der Waals surface area (Å²) in [5.41, 5.74) is 2.50. The van der Waals surface area contributed by atoms with E-state index in [0.717, 1.165) is 23.8 Å². The summed E-state index contributed by atoms with van der Waals surface area (Å²) in [6, 6.07) is 16.6. The Hall–Kier alpha value is -1.51. The van der Waals surface area contributed by atoms with Gasteiger partial charge < -0.3 is 10.1 Å². The zero-order chi connectivity index (χ0) is 13.9. The molecule has 0 bridgehead atoms. The molecule has 2 unspecified atom stereocenters. The van der Waals surface area contributed by atoms with E-state index in [1.807, 2.05) is 37.4 Å². The van der Waals surface area contributed by atoms with Crippen LogP contribution in [-0.2, 0) is 0 Å². The minimum atomic E-state index is 0.249. The average Bonchev–Trinajstić information content (AvgIpc) is 2.48. The number of hydrogen-bond donors (Lipinski definition) is 1. The second-order valence-corrected chi connectivity index (χ2v) is 5.54. The van der Waals surface area contributed by atoms with Gasteiger partial charge in [-0.3, -0.25) is 0 Å². The predicted octanol–water partition coefficient (Wildman–Crippen LogP) is 4.17. The molecule has 0 saturated carbocycles. The standard InChI is InChI=1S/C17H18ClNO/c1-19-17(12-5-4-6-13(18)11-12)15-9-10-20-16-8-3-2-7-14(15)16/h2-8,11,15,17,19H,9-10H2,1H3. The third-order valence-electron chi connectivity index (χ3n) is 3.93. The second kappa shape index (κ2) is 5.86. The molecule has 2 aromatic rings. The maximum Gasteiger partial charge on any atom is 0.122 e. The summed E-state index contributed by atoms with van der Waals surface area (Å²) in [5.74, 6) is 1.41. The molecule has 2 atom stereocenters. The molecule has 0 fully saturated rings. The zero-order valence-electron chi connectivity index (χ0n) is 11.5. The number of halogens is 1. The Kier molecular flexibility index (Phi) is 3.95. The van der Waals surface area contributed by atoms with E-state index in [-0.39, 0.29) is 6.04 Å². The maximum atomic E-state index is 6.13. The molecular formula is C17H18ClNO. The van der Waals surface area contributed by atoms with Gasteiger partial charge in [-0.1, -0.05) is 41.9 Å². The van der Waals surface area contributed by atoms with E-state index in [1.54, 1.807) is 0 Å². The molecule has 0 aliphatic carbocycles. The molecule has 0 saturated heterocycles. The zero-order valence-corrected chi connectivity index (χ0v) is 12.2. The van der Waals surface area contributed by atoms with Crippen molar-refractivity contribution in [2.45, 2.75) is 18.4 Å². The third kappa shape index (κ3) is 2.54. The minimum Gasteiger partial charge on any atom is -0.493 e. The van der Waals surface area contributed by atoms with Crippen LogP contribution in [0.5, 0.6) is 5.75 Å². The van der Waals surface area contributed by atoms with E-state index in [2.05, 4.69) is 23.5 Å². The van der Waals surface area contributed by atoms with Gasteiger partial charge in [0, 0.05) is 17.0 Å². The fourth-order valence-electron chi connectivity index (χ4n) is 3.02. The van der Waals surface area contributed by atoms with Crippen LogP contribution in [0.15, 0.2) is 48.5 Å². The van der Waals surface area contributed by atoms with Crippen molar-refractivity contribution in [1.29, 1.82) is 0 Å². The summed E-state index contributed by atoms with van der Waals surface area (Å²) < 4.78 is 5.75. The van der Waals surface area contributed by atoms with Gasteiger partial charge in [0.1, 0.15) is 5.75 Å². The molecule has 1 aliphatic heterocycles. The number of hydrogen-bond acceptors (Lipinski definition) is 2. The third-order valence-corrected chi connectivity index (χ3v) is 4.16. The highest BCUT2D eigenvalue weighted by Gasteiger charge is 2.28. The van der Waals surface area contributed by atoms with Crippen molar-refractivity contribution in [1.82, 2.24) is 5.32 Å². The molecule has 0 radical (unpaired) electrons. The molecule has 20 heavy (non-hydrogen) atoms. The summed E-state index contributed by atoms with van der Waals surface area (Å²) in [4.78, 5) is 0. The van der Waals surface area contributed by atoms with E-state index >= 15 is 0 Å². The van der Waals surface area contributed by atoms with Gasteiger partial charge in [-0.2, -0.15) is 0 Å². The van der Waals surface area contributed by atoms with Gasteiger partial charge in [0.05, 0.1) is 6.61 Å². The largest absolute Gasteiger partial charge is 0.493 e. The van der Waals surface area contributed by atoms with Crippen LogP contribution in [0.2, 0.25) is 5.02 Å². The van der Waals surface area contributed by atoms with Crippen molar-refractivity contribution in [2.24, 2.45) is 0 Å². The van der Waals surface area contributed by atoms with Crippen LogP contribution in [0.4, 0.5) is 0 Å². The summed E-state index contributed by atoms with van der Waals surface area (Å²) in [6.07, 6.45) is 1.01. The van der Waals surface area contributed by atoms with Gasteiger partial charge in [-0.15, -0.1) is 0 Å². The Bertz CT molecular complexity index is 599. The number of likely N-dealkylation sites (N-methyl/N-ethyl adjacent to an activating group) is 1. The summed E-state index contributed by atoms with van der Waals surface area (Å²) in [5, 5.41) is 4.22. The van der Waals surface area contributed by atoms with E-state index in [0.29, 0.717) is 5.92 Å². The Balaban J connectivity index is 1.99. The minimum absolute atomic E-state index is 0.249. The topological polar surface area (TPSA) is 21.3 Å². The molecule has 0 aromatic heterocycles. The number of para-hydroxylation sites is 1. The second-order valence-electron chi connectivity index (χ2n) is 5.10. The van der Waals surface area contributed by atoms with Crippen LogP contribution in [0, 0.1) is 0 Å². The van der Waals surface area contributed by atoms with Crippen molar-refractivity contribution in [3.05, 3.63) is 64.7 Å². The fourth-order valence-corrected chi connectivity index (χ4v) is 3.21. The van der Waals surface area contributed by atoms with Crippen LogP contribution in [0.3, 0.4) is 0 Å². The fraction of sp³-hybridized carbons (Fsp3) is 0.294. The Morgan fingerprint density at radius 3 is 2.85 bits per heavy atom. The SMILES string of the molecule is CNC(c1cccc(Cl)c1)C1CCOc2ccccc21. The summed E-state index contributed by atoms with van der Waals surface area (Å²) in [7, 11) is 2.00. The Labute approximate surface area is 124 Å². The lowest BCUT2D eigenvalue weighted by molar-refractivity contribution is 0.248. The number of nitrogens with one attached hydrogen (secondary N) is 1. The quantitative estimate of drug-likeness (QED) is 0.915. The monoisotopic (exact) mass is 287 g/mol. The van der Waals surface area contributed by atoms with Gasteiger partial charge in [-0.25, -0.2) is 0 Å². The first-order chi connectivity index (χ1) is 9.79. The van der Waals surface area contributed by atoms with Crippen LogP contribution in [-0.4, -0.2) is 13.7 Å². The molecule has 1 heterocycles. The highest BCUT2D eigenvalue weighted by molar-refractivity contribution is 6.30. The molecule has 2 nitrogen and oxygen atoms in total. The predicted molar refractivity (Wildman–Crippen MR) is 82.5 cm³/mol. The Morgan fingerprint density at radius 2 is 2.05 bits per heavy atom. The first kappa shape index (κ1) is 13.5. The first-order valence-corrected chi connectivity index (χ1v) is 7.32. The van der Waals surface area contributed by atoms with Gasteiger partial charge in [0.25, 0.3) is 0 Å².